The Morgan fingerprint density at radius 1 is 1.03 bits per heavy atom. The van der Waals surface area contributed by atoms with E-state index < -0.39 is 17.7 Å². The summed E-state index contributed by atoms with van der Waals surface area (Å²) in [4.78, 5) is 30.3. The Balaban J connectivity index is 1.69. The van der Waals surface area contributed by atoms with E-state index in [-0.39, 0.29) is 11.3 Å². The molecule has 0 aromatic heterocycles. The van der Waals surface area contributed by atoms with E-state index in [1.54, 1.807) is 49.5 Å². The predicted molar refractivity (Wildman–Crippen MR) is 132 cm³/mol. The Bertz CT molecular complexity index is 1110. The lowest BCUT2D eigenvalue weighted by atomic mass is 9.94. The zero-order valence-electron chi connectivity index (χ0n) is 20.5. The van der Waals surface area contributed by atoms with Gasteiger partial charge in [0.05, 0.1) is 39.0 Å². The van der Waals surface area contributed by atoms with Crippen molar-refractivity contribution in [3.8, 4) is 11.5 Å². The minimum Gasteiger partial charge on any atom is -0.507 e. The highest BCUT2D eigenvalue weighted by molar-refractivity contribution is 6.46. The molecule has 1 amide bonds. The number of aliphatic hydroxyl groups excluding tert-OH is 1. The molecule has 35 heavy (non-hydrogen) atoms. The average molecular weight is 481 g/mol. The molecular formula is C27H32N2O6. The van der Waals surface area contributed by atoms with Gasteiger partial charge in [0.15, 0.2) is 0 Å². The van der Waals surface area contributed by atoms with Gasteiger partial charge in [0, 0.05) is 31.7 Å². The lowest BCUT2D eigenvalue weighted by Crippen LogP contribution is -2.38. The number of ether oxygens (including phenoxy) is 3. The number of ketones is 1. The number of methoxy groups -OCH3 is 2. The van der Waals surface area contributed by atoms with Gasteiger partial charge in [0.25, 0.3) is 11.7 Å². The molecule has 8 heteroatoms. The molecule has 1 atom stereocenters. The summed E-state index contributed by atoms with van der Waals surface area (Å²) in [7, 11) is 3.16. The van der Waals surface area contributed by atoms with Crippen LogP contribution < -0.4 is 9.47 Å². The number of amides is 1. The molecule has 0 saturated carbocycles. The molecule has 0 radical (unpaired) electrons. The summed E-state index contributed by atoms with van der Waals surface area (Å²) in [5.74, 6) is -0.117. The summed E-state index contributed by atoms with van der Waals surface area (Å²) in [6.07, 6.45) is 0.710. The number of nitrogens with zero attached hydrogens (tertiary/aromatic N) is 2. The fourth-order valence-electron chi connectivity index (χ4n) is 4.71. The van der Waals surface area contributed by atoms with Gasteiger partial charge in [-0.15, -0.1) is 0 Å². The molecule has 4 rings (SSSR count). The van der Waals surface area contributed by atoms with E-state index in [0.717, 1.165) is 30.8 Å². The highest BCUT2D eigenvalue weighted by atomic mass is 16.5. The first-order valence-electron chi connectivity index (χ1n) is 11.8. The van der Waals surface area contributed by atoms with Crippen molar-refractivity contribution in [2.45, 2.75) is 19.4 Å². The topological polar surface area (TPSA) is 88.5 Å². The molecule has 2 aromatic rings. The van der Waals surface area contributed by atoms with Gasteiger partial charge in [-0.1, -0.05) is 12.1 Å². The molecule has 2 saturated heterocycles. The third-order valence-corrected chi connectivity index (χ3v) is 6.62. The van der Waals surface area contributed by atoms with Crippen molar-refractivity contribution in [2.75, 3.05) is 53.6 Å². The molecule has 2 aliphatic heterocycles. The number of benzene rings is 2. The van der Waals surface area contributed by atoms with Crippen molar-refractivity contribution >= 4 is 17.4 Å². The number of morpholine rings is 1. The first kappa shape index (κ1) is 24.8. The molecular weight excluding hydrogens is 448 g/mol. The molecule has 8 nitrogen and oxygen atoms in total. The number of hydrogen-bond donors (Lipinski definition) is 1. The number of hydrogen-bond acceptors (Lipinski definition) is 7. The van der Waals surface area contributed by atoms with Gasteiger partial charge in [-0.05, 0) is 54.8 Å². The van der Waals surface area contributed by atoms with Crippen LogP contribution in [0.15, 0.2) is 48.0 Å². The number of Topliss-reactive ketones (excluding diaryl/α,β-unsaturated/α-hetero) is 1. The Hall–Kier alpha value is -3.36. The standard InChI is InChI=1S/C27H32N2O6/c1-18-17-20(7-10-22(18)34-3)25(30)23-24(19-5-8-21(33-2)9-6-19)29(27(32)26(23)31)12-4-11-28-13-15-35-16-14-28/h5-10,17,24,30H,4,11-16H2,1-3H3. The quantitative estimate of drug-likeness (QED) is 0.353. The van der Waals surface area contributed by atoms with E-state index >= 15 is 0 Å². The summed E-state index contributed by atoms with van der Waals surface area (Å²) in [5, 5.41) is 11.3. The summed E-state index contributed by atoms with van der Waals surface area (Å²) in [5.41, 5.74) is 2.12. The molecule has 0 aliphatic carbocycles. The van der Waals surface area contributed by atoms with Crippen LogP contribution in [0.3, 0.4) is 0 Å². The molecule has 1 N–H and O–H groups in total. The molecule has 2 fully saturated rings. The van der Waals surface area contributed by atoms with E-state index in [1.807, 2.05) is 19.1 Å². The van der Waals surface area contributed by atoms with Crippen LogP contribution in [0.2, 0.25) is 0 Å². The van der Waals surface area contributed by atoms with Crippen LogP contribution in [0.5, 0.6) is 11.5 Å². The minimum absolute atomic E-state index is 0.0936. The van der Waals surface area contributed by atoms with E-state index in [4.69, 9.17) is 14.2 Å². The maximum absolute atomic E-state index is 13.2. The van der Waals surface area contributed by atoms with Crippen molar-refractivity contribution in [3.05, 3.63) is 64.7 Å². The van der Waals surface area contributed by atoms with Gasteiger partial charge in [-0.25, -0.2) is 0 Å². The van der Waals surface area contributed by atoms with Crippen LogP contribution in [0.25, 0.3) is 5.76 Å². The van der Waals surface area contributed by atoms with Gasteiger partial charge in [-0.2, -0.15) is 0 Å². The Labute approximate surface area is 205 Å². The highest BCUT2D eigenvalue weighted by Gasteiger charge is 2.45. The summed E-state index contributed by atoms with van der Waals surface area (Å²) in [6, 6.07) is 11.7. The van der Waals surface area contributed by atoms with Crippen LogP contribution >= 0.6 is 0 Å². The zero-order valence-corrected chi connectivity index (χ0v) is 20.5. The summed E-state index contributed by atoms with van der Waals surface area (Å²) >= 11 is 0. The number of rotatable bonds is 8. The number of aryl methyl sites for hydroxylation is 1. The number of carbonyl (C=O) groups is 2. The molecule has 0 spiro atoms. The molecule has 0 bridgehead atoms. The maximum Gasteiger partial charge on any atom is 0.295 e. The Morgan fingerprint density at radius 3 is 2.37 bits per heavy atom. The maximum atomic E-state index is 13.2. The second kappa shape index (κ2) is 10.9. The average Bonchev–Trinajstić information content (AvgIpc) is 3.14. The van der Waals surface area contributed by atoms with Gasteiger partial charge in [0.1, 0.15) is 17.3 Å². The van der Waals surface area contributed by atoms with E-state index in [2.05, 4.69) is 4.90 Å². The fourth-order valence-corrected chi connectivity index (χ4v) is 4.71. The SMILES string of the molecule is COc1ccc(C2C(=C(O)c3ccc(OC)c(C)c3)C(=O)C(=O)N2CCCN2CCOCC2)cc1. The van der Waals surface area contributed by atoms with Crippen LogP contribution in [0.1, 0.15) is 29.2 Å². The van der Waals surface area contributed by atoms with Crippen LogP contribution in [-0.2, 0) is 14.3 Å². The fraction of sp³-hybridized carbons (Fsp3) is 0.407. The van der Waals surface area contributed by atoms with Crippen molar-refractivity contribution in [1.29, 1.82) is 0 Å². The third kappa shape index (κ3) is 5.18. The van der Waals surface area contributed by atoms with Gasteiger partial charge in [0.2, 0.25) is 0 Å². The predicted octanol–water partition coefficient (Wildman–Crippen LogP) is 3.16. The molecule has 1 unspecified atom stereocenters. The Morgan fingerprint density at radius 2 is 1.74 bits per heavy atom. The van der Waals surface area contributed by atoms with Crippen molar-refractivity contribution in [1.82, 2.24) is 9.80 Å². The summed E-state index contributed by atoms with van der Waals surface area (Å²) in [6.45, 7) is 6.20. The smallest absolute Gasteiger partial charge is 0.295 e. The van der Waals surface area contributed by atoms with Crippen LogP contribution in [0.4, 0.5) is 0 Å². The molecule has 2 aromatic carbocycles. The van der Waals surface area contributed by atoms with E-state index in [9.17, 15) is 14.7 Å². The third-order valence-electron chi connectivity index (χ3n) is 6.62. The monoisotopic (exact) mass is 480 g/mol. The lowest BCUT2D eigenvalue weighted by Gasteiger charge is -2.29. The van der Waals surface area contributed by atoms with Crippen molar-refractivity contribution in [2.24, 2.45) is 0 Å². The summed E-state index contributed by atoms with van der Waals surface area (Å²) < 4.78 is 16.0. The number of aliphatic hydroxyl groups is 1. The largest absolute Gasteiger partial charge is 0.507 e. The van der Waals surface area contributed by atoms with Crippen molar-refractivity contribution in [3.63, 3.8) is 0 Å². The molecule has 2 aliphatic rings. The highest BCUT2D eigenvalue weighted by Crippen LogP contribution is 2.40. The first-order valence-corrected chi connectivity index (χ1v) is 11.8. The van der Waals surface area contributed by atoms with Gasteiger partial charge >= 0.3 is 0 Å². The van der Waals surface area contributed by atoms with Gasteiger partial charge in [-0.3, -0.25) is 14.5 Å². The van der Waals surface area contributed by atoms with Crippen molar-refractivity contribution < 1.29 is 28.9 Å². The second-order valence-corrected chi connectivity index (χ2v) is 8.76. The molecule has 186 valence electrons. The number of likely N-dealkylation sites (tertiary alicyclic amines) is 1. The lowest BCUT2D eigenvalue weighted by molar-refractivity contribution is -0.140. The van der Waals surface area contributed by atoms with Gasteiger partial charge < -0.3 is 24.2 Å². The molecule has 2 heterocycles. The number of carbonyl (C=O) groups excluding carboxylic acids is 2. The Kier molecular flexibility index (Phi) is 7.73. The van der Waals surface area contributed by atoms with Crippen LogP contribution in [0, 0.1) is 6.92 Å². The normalized spacial score (nSPS) is 20.3. The zero-order chi connectivity index (χ0) is 24.9. The van der Waals surface area contributed by atoms with Crippen LogP contribution in [-0.4, -0.2) is 80.2 Å². The van der Waals surface area contributed by atoms with E-state index in [1.165, 1.54) is 0 Å². The first-order chi connectivity index (χ1) is 16.9. The minimum atomic E-state index is -0.687. The van der Waals surface area contributed by atoms with E-state index in [0.29, 0.717) is 43.2 Å². The second-order valence-electron chi connectivity index (χ2n) is 8.76.